The molecule has 0 bridgehead atoms. The Labute approximate surface area is 141 Å². The molecule has 0 saturated carbocycles. The van der Waals surface area contributed by atoms with Gasteiger partial charge < -0.3 is 9.84 Å². The second kappa shape index (κ2) is 7.01. The van der Waals surface area contributed by atoms with Gasteiger partial charge in [-0.1, -0.05) is 0 Å². The summed E-state index contributed by atoms with van der Waals surface area (Å²) in [6.45, 7) is -1.07. The van der Waals surface area contributed by atoms with Crippen LogP contribution in [0.25, 0.3) is 0 Å². The van der Waals surface area contributed by atoms with E-state index >= 15 is 0 Å². The molecule has 1 N–H and O–H groups in total. The molecule has 0 aliphatic rings. The topological polar surface area (TPSA) is 83.9 Å². The maximum Gasteiger partial charge on any atom is 0.324 e. The molecule has 0 unspecified atom stereocenters. The SMILES string of the molecule is COc1ccc(S(=O)(=O)N(CC(=O)O)c2ccc(F)c(F)c2)cc1F. The molecule has 0 heterocycles. The van der Waals surface area contributed by atoms with Crippen LogP contribution in [-0.4, -0.2) is 33.1 Å². The maximum atomic E-state index is 13.8. The normalized spacial score (nSPS) is 11.2. The summed E-state index contributed by atoms with van der Waals surface area (Å²) in [5, 5.41) is 8.95. The van der Waals surface area contributed by atoms with Gasteiger partial charge in [-0.2, -0.15) is 0 Å². The average Bonchev–Trinajstić information content (AvgIpc) is 2.55. The van der Waals surface area contributed by atoms with Crippen molar-refractivity contribution in [2.45, 2.75) is 4.90 Å². The molecular formula is C15H12F3NO5S. The summed E-state index contributed by atoms with van der Waals surface area (Å²) in [6.07, 6.45) is 0. The fourth-order valence-electron chi connectivity index (χ4n) is 2.01. The number of anilines is 1. The van der Waals surface area contributed by atoms with Gasteiger partial charge in [-0.25, -0.2) is 21.6 Å². The van der Waals surface area contributed by atoms with Crippen molar-refractivity contribution >= 4 is 21.7 Å². The van der Waals surface area contributed by atoms with E-state index in [-0.39, 0.29) is 5.75 Å². The first-order valence-electron chi connectivity index (χ1n) is 6.70. The molecule has 0 atom stereocenters. The zero-order valence-corrected chi connectivity index (χ0v) is 13.6. The Morgan fingerprint density at radius 2 is 1.76 bits per heavy atom. The smallest absolute Gasteiger partial charge is 0.324 e. The maximum absolute atomic E-state index is 13.8. The molecule has 6 nitrogen and oxygen atoms in total. The van der Waals surface area contributed by atoms with Crippen molar-refractivity contribution in [1.29, 1.82) is 0 Å². The predicted octanol–water partition coefficient (Wildman–Crippen LogP) is 2.39. The van der Waals surface area contributed by atoms with Crippen LogP contribution < -0.4 is 9.04 Å². The minimum absolute atomic E-state index is 0.212. The van der Waals surface area contributed by atoms with E-state index in [1.54, 1.807) is 0 Å². The van der Waals surface area contributed by atoms with Gasteiger partial charge in [0.1, 0.15) is 6.54 Å². The summed E-state index contributed by atoms with van der Waals surface area (Å²) >= 11 is 0. The van der Waals surface area contributed by atoms with Gasteiger partial charge in [-0.3, -0.25) is 9.10 Å². The summed E-state index contributed by atoms with van der Waals surface area (Å²) in [6, 6.07) is 4.79. The number of halogens is 3. The number of carbonyl (C=O) groups is 1. The minimum atomic E-state index is -4.56. The molecule has 0 saturated heterocycles. The second-order valence-electron chi connectivity index (χ2n) is 4.80. The highest BCUT2D eigenvalue weighted by molar-refractivity contribution is 7.92. The molecular weight excluding hydrogens is 363 g/mol. The minimum Gasteiger partial charge on any atom is -0.494 e. The highest BCUT2D eigenvalue weighted by atomic mass is 32.2. The van der Waals surface area contributed by atoms with E-state index in [1.807, 2.05) is 0 Å². The van der Waals surface area contributed by atoms with Crippen molar-refractivity contribution < 1.29 is 36.2 Å². The number of benzene rings is 2. The van der Waals surface area contributed by atoms with E-state index in [2.05, 4.69) is 4.74 Å². The Hall–Kier alpha value is -2.75. The van der Waals surface area contributed by atoms with Crippen LogP contribution in [-0.2, 0) is 14.8 Å². The second-order valence-corrected chi connectivity index (χ2v) is 6.66. The van der Waals surface area contributed by atoms with Crippen LogP contribution >= 0.6 is 0 Å². The average molecular weight is 375 g/mol. The Morgan fingerprint density at radius 3 is 2.28 bits per heavy atom. The number of hydrogen-bond acceptors (Lipinski definition) is 4. The third-order valence-electron chi connectivity index (χ3n) is 3.18. The van der Waals surface area contributed by atoms with Crippen LogP contribution in [0.2, 0.25) is 0 Å². The number of methoxy groups -OCH3 is 1. The summed E-state index contributed by atoms with van der Waals surface area (Å²) in [4.78, 5) is 10.4. The molecule has 0 fully saturated rings. The lowest BCUT2D eigenvalue weighted by Gasteiger charge is -2.23. The van der Waals surface area contributed by atoms with E-state index in [0.717, 1.165) is 18.2 Å². The molecule has 134 valence electrons. The lowest BCUT2D eigenvalue weighted by molar-refractivity contribution is -0.135. The van der Waals surface area contributed by atoms with Gasteiger partial charge in [0.05, 0.1) is 17.7 Å². The predicted molar refractivity (Wildman–Crippen MR) is 81.5 cm³/mol. The molecule has 0 aromatic heterocycles. The van der Waals surface area contributed by atoms with Crippen LogP contribution in [0.3, 0.4) is 0 Å². The third-order valence-corrected chi connectivity index (χ3v) is 4.95. The number of rotatable bonds is 6. The number of carboxylic acids is 1. The van der Waals surface area contributed by atoms with Crippen molar-refractivity contribution in [3.63, 3.8) is 0 Å². The van der Waals surface area contributed by atoms with Crippen LogP contribution in [0, 0.1) is 17.5 Å². The van der Waals surface area contributed by atoms with Gasteiger partial charge in [-0.05, 0) is 30.3 Å². The number of ether oxygens (including phenoxy) is 1. The monoisotopic (exact) mass is 375 g/mol. The molecule has 0 aliphatic carbocycles. The van der Waals surface area contributed by atoms with E-state index in [0.29, 0.717) is 22.5 Å². The Kier molecular flexibility index (Phi) is 5.21. The highest BCUT2D eigenvalue weighted by Gasteiger charge is 2.28. The number of hydrogen-bond donors (Lipinski definition) is 1. The molecule has 0 amide bonds. The molecule has 0 radical (unpaired) electrons. The largest absolute Gasteiger partial charge is 0.494 e. The summed E-state index contributed by atoms with van der Waals surface area (Å²) < 4.78 is 70.6. The summed E-state index contributed by atoms with van der Waals surface area (Å²) in [7, 11) is -3.37. The molecule has 0 spiro atoms. The quantitative estimate of drug-likeness (QED) is 0.838. The lowest BCUT2D eigenvalue weighted by atomic mass is 10.3. The first-order chi connectivity index (χ1) is 11.7. The van der Waals surface area contributed by atoms with Crippen molar-refractivity contribution in [3.8, 4) is 5.75 Å². The number of carboxylic acid groups (broad SMARTS) is 1. The van der Waals surface area contributed by atoms with Crippen molar-refractivity contribution in [1.82, 2.24) is 0 Å². The van der Waals surface area contributed by atoms with Crippen LogP contribution in [0.15, 0.2) is 41.3 Å². The van der Waals surface area contributed by atoms with Crippen LogP contribution in [0.1, 0.15) is 0 Å². The fourth-order valence-corrected chi connectivity index (χ4v) is 3.43. The lowest BCUT2D eigenvalue weighted by Crippen LogP contribution is -2.36. The number of sulfonamides is 1. The van der Waals surface area contributed by atoms with Crippen molar-refractivity contribution in [2.75, 3.05) is 18.0 Å². The van der Waals surface area contributed by atoms with Gasteiger partial charge >= 0.3 is 5.97 Å². The first kappa shape index (κ1) is 18.6. The van der Waals surface area contributed by atoms with Gasteiger partial charge in [0.15, 0.2) is 23.2 Å². The molecule has 0 aliphatic heterocycles. The number of nitrogens with zero attached hydrogens (tertiary/aromatic N) is 1. The Bertz CT molecular complexity index is 917. The molecule has 2 aromatic carbocycles. The first-order valence-corrected chi connectivity index (χ1v) is 8.14. The standard InChI is InChI=1S/C15H12F3NO5S/c1-24-14-5-3-10(7-13(14)18)25(22,23)19(8-15(20)21)9-2-4-11(16)12(17)6-9/h2-7H,8H2,1H3,(H,20,21). The Morgan fingerprint density at radius 1 is 1.08 bits per heavy atom. The van der Waals surface area contributed by atoms with E-state index in [1.165, 1.54) is 7.11 Å². The Balaban J connectivity index is 2.57. The van der Waals surface area contributed by atoms with E-state index in [4.69, 9.17) is 5.11 Å². The van der Waals surface area contributed by atoms with Gasteiger partial charge in [0, 0.05) is 6.07 Å². The third kappa shape index (κ3) is 3.85. The van der Waals surface area contributed by atoms with E-state index in [9.17, 15) is 26.4 Å². The van der Waals surface area contributed by atoms with E-state index < -0.39 is 50.6 Å². The van der Waals surface area contributed by atoms with Crippen LogP contribution in [0.4, 0.5) is 18.9 Å². The summed E-state index contributed by atoms with van der Waals surface area (Å²) in [5.74, 6) is -5.32. The van der Waals surface area contributed by atoms with Crippen molar-refractivity contribution in [2.24, 2.45) is 0 Å². The summed E-state index contributed by atoms with van der Waals surface area (Å²) in [5.41, 5.74) is -0.419. The zero-order valence-electron chi connectivity index (χ0n) is 12.7. The fraction of sp³-hybridized carbons (Fsp3) is 0.133. The molecule has 10 heteroatoms. The molecule has 25 heavy (non-hydrogen) atoms. The van der Waals surface area contributed by atoms with Gasteiger partial charge in [0.2, 0.25) is 0 Å². The zero-order chi connectivity index (χ0) is 18.8. The van der Waals surface area contributed by atoms with Crippen molar-refractivity contribution in [3.05, 3.63) is 53.8 Å². The highest BCUT2D eigenvalue weighted by Crippen LogP contribution is 2.27. The molecule has 2 aromatic rings. The van der Waals surface area contributed by atoms with Crippen LogP contribution in [0.5, 0.6) is 5.75 Å². The number of aliphatic carboxylic acids is 1. The van der Waals surface area contributed by atoms with Gasteiger partial charge in [0.25, 0.3) is 10.0 Å². The molecule has 2 rings (SSSR count). The van der Waals surface area contributed by atoms with Gasteiger partial charge in [-0.15, -0.1) is 0 Å².